The molecular formula is H3Co3Li3Ni3O8P2. The third kappa shape index (κ3) is 404. The van der Waals surface area contributed by atoms with Gasteiger partial charge < -0.3 is 42.8 Å². The molecule has 0 aliphatic carbocycles. The molecule has 0 fully saturated rings. The summed E-state index contributed by atoms with van der Waals surface area (Å²) in [6.45, 7) is 0. The molecule has 0 heterocycles. The second-order valence-corrected chi connectivity index (χ2v) is 2.68. The van der Waals surface area contributed by atoms with Crippen LogP contribution in [0.2, 0.25) is 0 Å². The maximum atomic E-state index is 8.55. The maximum Gasteiger partial charge on any atom is 2.00 e. The minimum absolute atomic E-state index is 0. The molecule has 0 rings (SSSR count). The van der Waals surface area contributed by atoms with E-state index < -0.39 is 15.6 Å². The number of hydrogen-bond donors (Lipinski definition) is 0. The molecule has 0 atom stereocenters. The van der Waals surface area contributed by atoms with Crippen molar-refractivity contribution < 1.29 is 199 Å². The van der Waals surface area contributed by atoms with Crippen molar-refractivity contribution in [1.29, 1.82) is 0 Å². The Hall–Kier alpha value is 5.01. The average molecular weight is 567 g/mol. The van der Waals surface area contributed by atoms with Crippen molar-refractivity contribution in [2.75, 3.05) is 0 Å². The van der Waals surface area contributed by atoms with E-state index in [0.29, 0.717) is 0 Å². The summed E-state index contributed by atoms with van der Waals surface area (Å²) in [6.07, 6.45) is 0. The van der Waals surface area contributed by atoms with Gasteiger partial charge in [-0.15, -0.1) is 0 Å². The van der Waals surface area contributed by atoms with E-state index in [2.05, 4.69) is 0 Å². The van der Waals surface area contributed by atoms with Crippen LogP contribution in [0.4, 0.5) is 0 Å². The van der Waals surface area contributed by atoms with Crippen molar-refractivity contribution in [2.45, 2.75) is 0 Å². The average Bonchev–Trinajstić information content (AvgIpc) is 1.12. The van der Waals surface area contributed by atoms with Gasteiger partial charge in [0.15, 0.2) is 0 Å². The van der Waals surface area contributed by atoms with Gasteiger partial charge >= 0.3 is 106 Å². The summed E-state index contributed by atoms with van der Waals surface area (Å²) in [5, 5.41) is 0. The van der Waals surface area contributed by atoms with Crippen LogP contribution in [0.15, 0.2) is 0 Å². The fourth-order valence-corrected chi connectivity index (χ4v) is 0. The van der Waals surface area contributed by atoms with Crippen molar-refractivity contribution in [1.82, 2.24) is 0 Å². The minimum Gasteiger partial charge on any atom is -1.00 e. The van der Waals surface area contributed by atoms with Crippen molar-refractivity contribution >= 4 is 15.6 Å². The Kier molecular flexibility index (Phi) is 152. The van der Waals surface area contributed by atoms with Gasteiger partial charge in [-0.05, 0) is 0 Å². The molecule has 0 N–H and O–H groups in total. The van der Waals surface area contributed by atoms with Crippen LogP contribution in [-0.4, -0.2) is 0 Å². The van der Waals surface area contributed by atoms with Crippen molar-refractivity contribution in [3.05, 3.63) is 0 Å². The Balaban J connectivity index is -0.00000000314. The molecule has 0 aromatic rings. The minimum atomic E-state index is -5.39. The Labute approximate surface area is 212 Å². The van der Waals surface area contributed by atoms with E-state index in [0.717, 1.165) is 0 Å². The zero-order valence-corrected chi connectivity index (χ0v) is 17.0. The first-order chi connectivity index (χ1) is 4.00. The van der Waals surface area contributed by atoms with Crippen LogP contribution in [0.1, 0.15) is 4.28 Å². The van der Waals surface area contributed by atoms with E-state index >= 15 is 0 Å². The van der Waals surface area contributed by atoms with Gasteiger partial charge in [0.05, 0.1) is 0 Å². The van der Waals surface area contributed by atoms with Crippen LogP contribution in [0.5, 0.6) is 0 Å². The van der Waals surface area contributed by atoms with Crippen LogP contribution in [0.3, 0.4) is 0 Å². The van der Waals surface area contributed by atoms with Gasteiger partial charge in [-0.2, -0.15) is 15.6 Å². The zero-order chi connectivity index (χ0) is 9.00. The number of rotatable bonds is 0. The standard InChI is InChI=1S/3Co.3Li.3Ni.2H3O4P.3H/c;;;;;;;;;2*1-5(2,3)4;;;/h;;;;;;;;;2*(H3,1,2,3,4);;;/q;;;3*+1;3*+2;;;3*-1/p-6. The molecule has 121 valence electrons. The monoisotopic (exact) mass is 565 g/mol. The molecule has 0 bridgehead atoms. The Morgan fingerprint density at radius 3 is 0.526 bits per heavy atom. The normalized spacial score (nSPS) is 6.21. The van der Waals surface area contributed by atoms with Crippen molar-refractivity contribution in [2.24, 2.45) is 0 Å². The summed E-state index contributed by atoms with van der Waals surface area (Å²) in [5.74, 6) is 0. The smallest absolute Gasteiger partial charge is 1.00 e. The second-order valence-electron chi connectivity index (χ2n) is 0.894. The van der Waals surface area contributed by atoms with Crippen LogP contribution in [-0.2, 0) is 109 Å². The van der Waals surface area contributed by atoms with Crippen LogP contribution in [0, 0.1) is 0 Å². The van der Waals surface area contributed by atoms with E-state index in [1.165, 1.54) is 0 Å². The predicted octanol–water partition coefficient (Wildman–Crippen LogP) is -14.3. The van der Waals surface area contributed by atoms with Crippen molar-refractivity contribution in [3.8, 4) is 0 Å². The van der Waals surface area contributed by atoms with Gasteiger partial charge in [-0.25, -0.2) is 0 Å². The third-order valence-corrected chi connectivity index (χ3v) is 0. The van der Waals surface area contributed by atoms with Gasteiger partial charge in [0.1, 0.15) is 0 Å². The summed E-state index contributed by atoms with van der Waals surface area (Å²) in [5.41, 5.74) is 0. The van der Waals surface area contributed by atoms with E-state index in [9.17, 15) is 0 Å². The summed E-state index contributed by atoms with van der Waals surface area (Å²) in [7, 11) is -10.8. The number of hydrogen-bond acceptors (Lipinski definition) is 8. The zero-order valence-electron chi connectivity index (χ0n) is 12.1. The topological polar surface area (TPSA) is 172 Å². The largest absolute Gasteiger partial charge is 2.00 e. The predicted molar refractivity (Wildman–Crippen MR) is 18.5 cm³/mol. The van der Waals surface area contributed by atoms with Crippen molar-refractivity contribution in [3.63, 3.8) is 0 Å². The summed E-state index contributed by atoms with van der Waals surface area (Å²) in [4.78, 5) is 51.3. The maximum absolute atomic E-state index is 8.55. The van der Waals surface area contributed by atoms with Gasteiger partial charge in [-0.1, -0.05) is 0 Å². The quantitative estimate of drug-likeness (QED) is 0.205. The van der Waals surface area contributed by atoms with E-state index in [-0.39, 0.29) is 161 Å². The van der Waals surface area contributed by atoms with Gasteiger partial charge in [-0.3, -0.25) is 0 Å². The molecule has 19 heavy (non-hydrogen) atoms. The Bertz CT molecular complexity index is 165. The summed E-state index contributed by atoms with van der Waals surface area (Å²) in [6, 6.07) is 0. The molecule has 8 nitrogen and oxygen atoms in total. The first-order valence-corrected chi connectivity index (χ1v) is 4.38. The molecular weight excluding hydrogens is 564 g/mol. The fourth-order valence-electron chi connectivity index (χ4n) is 0. The van der Waals surface area contributed by atoms with Crippen LogP contribution >= 0.6 is 15.6 Å². The molecule has 0 aromatic heterocycles. The third-order valence-electron chi connectivity index (χ3n) is 0. The second kappa shape index (κ2) is 38.5. The molecule has 0 aliphatic heterocycles. The molecule has 19 heteroatoms. The van der Waals surface area contributed by atoms with Crippen LogP contribution < -0.4 is 85.9 Å². The number of phosphoric acid groups is 2. The first kappa shape index (κ1) is 75.1. The van der Waals surface area contributed by atoms with E-state index in [4.69, 9.17) is 38.5 Å². The molecule has 0 saturated carbocycles. The Morgan fingerprint density at radius 2 is 0.526 bits per heavy atom. The molecule has 0 amide bonds. The molecule has 0 unspecified atom stereocenters. The van der Waals surface area contributed by atoms with E-state index in [1.54, 1.807) is 0 Å². The molecule has 3 radical (unpaired) electrons. The summed E-state index contributed by atoms with van der Waals surface area (Å²) < 4.78 is 17.1. The Morgan fingerprint density at radius 1 is 0.526 bits per heavy atom. The molecule has 0 saturated heterocycles. The van der Waals surface area contributed by atoms with Crippen LogP contribution in [0.25, 0.3) is 0 Å². The summed E-state index contributed by atoms with van der Waals surface area (Å²) >= 11 is 0. The fraction of sp³-hybridized carbons (Fsp3) is 0. The molecule has 0 aliphatic rings. The van der Waals surface area contributed by atoms with Gasteiger partial charge in [0.2, 0.25) is 0 Å². The SMILES string of the molecule is O=P([O-])([O-])[O-].O=P([O-])([O-])[O-].[Co].[Co].[Co].[H-].[H-].[H-].[Li+].[Li+].[Li+].[Ni+2].[Ni+2].[Ni+2]. The molecule has 0 aromatic carbocycles. The van der Waals surface area contributed by atoms with Gasteiger partial charge in [0, 0.05) is 50.3 Å². The first-order valence-electron chi connectivity index (χ1n) is 1.46. The molecule has 0 spiro atoms. The van der Waals surface area contributed by atoms with E-state index in [1.807, 2.05) is 0 Å². The van der Waals surface area contributed by atoms with Gasteiger partial charge in [0.25, 0.3) is 0 Å².